The molecule has 0 fully saturated rings. The fraction of sp³-hybridized carbons (Fsp3) is 0.375. The highest BCUT2D eigenvalue weighted by Gasteiger charge is 2.25. The van der Waals surface area contributed by atoms with Crippen LogP contribution in [0.25, 0.3) is 10.4 Å². The minimum absolute atomic E-state index is 0.0131. The molecule has 2 aromatic rings. The molecule has 0 aliphatic heterocycles. The molecule has 1 heterocycles. The Balaban J connectivity index is 1.62. The predicted octanol–water partition coefficient (Wildman–Crippen LogP) is 4.75. The molecule has 0 amide bonds. The van der Waals surface area contributed by atoms with Crippen LogP contribution in [0, 0.1) is 11.3 Å². The summed E-state index contributed by atoms with van der Waals surface area (Å²) < 4.78 is 31.9. The van der Waals surface area contributed by atoms with Crippen molar-refractivity contribution in [2.75, 3.05) is 0 Å². The second-order valence-electron chi connectivity index (χ2n) is 8.47. The van der Waals surface area contributed by atoms with E-state index in [1.165, 1.54) is 11.8 Å². The van der Waals surface area contributed by atoms with Gasteiger partial charge in [-0.3, -0.25) is 0 Å². The molecule has 33 heavy (non-hydrogen) atoms. The standard InChI is InChI=1S/C24H26N4O3S2/c1-15(2)31-22-10-9-16(11-18(22)12-25)24-27-14-23(32-24)21-8-4-6-19-17(5-3-7-20(19)21)13-28-33(26,29)30/h4,6,8,10-11,13-17H,3,5,7,9H2,1-2H3,(H2,26,29,30)/b28-13+. The Hall–Kier alpha value is -2.80. The van der Waals surface area contributed by atoms with E-state index in [1.807, 2.05) is 44.3 Å². The highest BCUT2D eigenvalue weighted by atomic mass is 32.2. The molecule has 1 aromatic carbocycles. The lowest BCUT2D eigenvalue weighted by Crippen LogP contribution is -2.14. The molecule has 2 aliphatic carbocycles. The molecule has 2 atom stereocenters. The summed E-state index contributed by atoms with van der Waals surface area (Å²) in [7, 11) is -3.90. The van der Waals surface area contributed by atoms with Gasteiger partial charge in [0, 0.05) is 24.2 Å². The molecule has 0 radical (unpaired) electrons. The number of hydrogen-bond acceptors (Lipinski definition) is 6. The maximum atomic E-state index is 11.3. The zero-order valence-corrected chi connectivity index (χ0v) is 20.2. The molecular formula is C24H26N4O3S2. The summed E-state index contributed by atoms with van der Waals surface area (Å²) in [5.41, 5.74) is 3.95. The third kappa shape index (κ3) is 5.41. The van der Waals surface area contributed by atoms with E-state index in [0.717, 1.165) is 46.7 Å². The Labute approximate surface area is 198 Å². The number of benzene rings is 1. The Morgan fingerprint density at radius 1 is 1.39 bits per heavy atom. The summed E-state index contributed by atoms with van der Waals surface area (Å²) >= 11 is 1.63. The first-order valence-electron chi connectivity index (χ1n) is 10.9. The van der Waals surface area contributed by atoms with Crippen molar-refractivity contribution in [2.24, 2.45) is 9.54 Å². The Bertz CT molecular complexity index is 1280. The fourth-order valence-corrected chi connectivity index (χ4v) is 5.71. The summed E-state index contributed by atoms with van der Waals surface area (Å²) in [4.78, 5) is 5.74. The van der Waals surface area contributed by atoms with Crippen LogP contribution in [0.4, 0.5) is 0 Å². The second kappa shape index (κ2) is 9.59. The van der Waals surface area contributed by atoms with E-state index in [-0.39, 0.29) is 17.9 Å². The van der Waals surface area contributed by atoms with Gasteiger partial charge in [-0.1, -0.05) is 24.3 Å². The Kier molecular flexibility index (Phi) is 6.79. The smallest absolute Gasteiger partial charge is 0.316 e. The number of nitriles is 1. The minimum atomic E-state index is -3.90. The van der Waals surface area contributed by atoms with Crippen LogP contribution in [0.5, 0.6) is 0 Å². The monoisotopic (exact) mass is 482 g/mol. The molecule has 0 bridgehead atoms. The van der Waals surface area contributed by atoms with Crippen LogP contribution in [0.15, 0.2) is 52.3 Å². The van der Waals surface area contributed by atoms with Crippen molar-refractivity contribution in [1.29, 1.82) is 5.26 Å². The largest absolute Gasteiger partial charge is 0.490 e. The SMILES string of the molecule is CC(C)OC1=CCC(c2ncc(-c3cccc4c3CCCC4/C=N/S(N)(=O)=O)s2)C=C1C#N. The lowest BCUT2D eigenvalue weighted by molar-refractivity contribution is 0.153. The van der Waals surface area contributed by atoms with Gasteiger partial charge in [0.15, 0.2) is 0 Å². The predicted molar refractivity (Wildman–Crippen MR) is 130 cm³/mol. The third-order valence-electron chi connectivity index (χ3n) is 5.72. The van der Waals surface area contributed by atoms with Crippen LogP contribution in [-0.2, 0) is 21.4 Å². The van der Waals surface area contributed by atoms with Gasteiger partial charge in [-0.25, -0.2) is 10.1 Å². The van der Waals surface area contributed by atoms with Crippen molar-refractivity contribution in [3.63, 3.8) is 0 Å². The summed E-state index contributed by atoms with van der Waals surface area (Å²) in [6.45, 7) is 3.89. The van der Waals surface area contributed by atoms with E-state index in [9.17, 15) is 13.7 Å². The van der Waals surface area contributed by atoms with Crippen molar-refractivity contribution >= 4 is 27.8 Å². The number of thiazole rings is 1. The van der Waals surface area contributed by atoms with Crippen molar-refractivity contribution < 1.29 is 13.2 Å². The molecule has 7 nitrogen and oxygen atoms in total. The van der Waals surface area contributed by atoms with E-state index in [1.54, 1.807) is 11.3 Å². The van der Waals surface area contributed by atoms with Crippen LogP contribution in [0.1, 0.15) is 61.1 Å². The first-order valence-corrected chi connectivity index (χ1v) is 13.2. The normalized spacial score (nSPS) is 20.8. The minimum Gasteiger partial charge on any atom is -0.490 e. The third-order valence-corrected chi connectivity index (χ3v) is 7.30. The molecule has 2 aliphatic rings. The molecule has 2 unspecified atom stereocenters. The summed E-state index contributed by atoms with van der Waals surface area (Å²) in [5, 5.41) is 15.6. The second-order valence-corrected chi connectivity index (χ2v) is 10.8. The fourth-order valence-electron chi connectivity index (χ4n) is 4.34. The number of aromatic nitrogens is 1. The average Bonchev–Trinajstić information content (AvgIpc) is 3.26. The van der Waals surface area contributed by atoms with Crippen LogP contribution in [0.2, 0.25) is 0 Å². The van der Waals surface area contributed by atoms with Gasteiger partial charge in [0.2, 0.25) is 0 Å². The molecule has 1 aromatic heterocycles. The number of nitrogens with zero attached hydrogens (tertiary/aromatic N) is 3. The molecule has 0 spiro atoms. The number of allylic oxidation sites excluding steroid dienone is 3. The van der Waals surface area contributed by atoms with Crippen LogP contribution >= 0.6 is 11.3 Å². The number of hydrogen-bond donors (Lipinski definition) is 1. The number of ether oxygens (including phenoxy) is 1. The van der Waals surface area contributed by atoms with Crippen molar-refractivity contribution in [3.8, 4) is 16.5 Å². The maximum Gasteiger partial charge on any atom is 0.316 e. The summed E-state index contributed by atoms with van der Waals surface area (Å²) in [6, 6.07) is 8.35. The molecule has 0 saturated carbocycles. The van der Waals surface area contributed by atoms with Crippen molar-refractivity contribution in [1.82, 2.24) is 4.98 Å². The molecular weight excluding hydrogens is 456 g/mol. The zero-order chi connectivity index (χ0) is 23.6. The van der Waals surface area contributed by atoms with Crippen LogP contribution in [-0.4, -0.2) is 25.7 Å². The molecule has 2 N–H and O–H groups in total. The van der Waals surface area contributed by atoms with Crippen molar-refractivity contribution in [2.45, 2.75) is 57.5 Å². The first-order chi connectivity index (χ1) is 15.7. The lowest BCUT2D eigenvalue weighted by Gasteiger charge is -2.24. The van der Waals surface area contributed by atoms with Gasteiger partial charge >= 0.3 is 10.2 Å². The van der Waals surface area contributed by atoms with E-state index in [2.05, 4.69) is 21.5 Å². The summed E-state index contributed by atoms with van der Waals surface area (Å²) in [6.07, 6.45) is 10.7. The lowest BCUT2D eigenvalue weighted by atomic mass is 9.81. The highest BCUT2D eigenvalue weighted by Crippen LogP contribution is 2.41. The maximum absolute atomic E-state index is 11.3. The Morgan fingerprint density at radius 3 is 2.94 bits per heavy atom. The van der Waals surface area contributed by atoms with Gasteiger partial charge in [-0.2, -0.15) is 18.1 Å². The molecule has 9 heteroatoms. The van der Waals surface area contributed by atoms with E-state index in [0.29, 0.717) is 11.3 Å². The topological polar surface area (TPSA) is 118 Å². The number of nitrogens with two attached hydrogens (primary N) is 1. The van der Waals surface area contributed by atoms with Crippen molar-refractivity contribution in [3.05, 3.63) is 64.0 Å². The molecule has 172 valence electrons. The van der Waals surface area contributed by atoms with Gasteiger partial charge in [-0.15, -0.1) is 11.3 Å². The van der Waals surface area contributed by atoms with E-state index in [4.69, 9.17) is 9.88 Å². The van der Waals surface area contributed by atoms with Crippen LogP contribution in [0.3, 0.4) is 0 Å². The quantitative estimate of drug-likeness (QED) is 0.596. The molecule has 4 rings (SSSR count). The molecule has 0 saturated heterocycles. The van der Waals surface area contributed by atoms with Gasteiger partial charge in [0.25, 0.3) is 0 Å². The summed E-state index contributed by atoms with van der Waals surface area (Å²) in [5.74, 6) is 0.598. The highest BCUT2D eigenvalue weighted by molar-refractivity contribution is 7.87. The van der Waals surface area contributed by atoms with Gasteiger partial charge in [-0.05, 0) is 62.3 Å². The first kappa shape index (κ1) is 23.4. The van der Waals surface area contributed by atoms with Gasteiger partial charge in [0.1, 0.15) is 16.8 Å². The number of rotatable bonds is 6. The Morgan fingerprint density at radius 2 is 2.21 bits per heavy atom. The zero-order valence-electron chi connectivity index (χ0n) is 18.6. The van der Waals surface area contributed by atoms with Gasteiger partial charge in [0.05, 0.1) is 16.6 Å². The van der Waals surface area contributed by atoms with Crippen LogP contribution < -0.4 is 5.14 Å². The van der Waals surface area contributed by atoms with E-state index < -0.39 is 10.2 Å². The average molecular weight is 483 g/mol. The van der Waals surface area contributed by atoms with Gasteiger partial charge < -0.3 is 4.74 Å². The van der Waals surface area contributed by atoms with E-state index >= 15 is 0 Å². The number of fused-ring (bicyclic) bond motifs is 1.